The van der Waals surface area contributed by atoms with Gasteiger partial charge in [0.25, 0.3) is 5.91 Å². The highest BCUT2D eigenvalue weighted by molar-refractivity contribution is 6.12. The molecule has 0 heterocycles. The van der Waals surface area contributed by atoms with Gasteiger partial charge in [-0.3, -0.25) is 4.79 Å². The molecule has 6 heteroatoms. The molecule has 4 aliphatic carbocycles. The summed E-state index contributed by atoms with van der Waals surface area (Å²) in [5.74, 6) is 1.17. The van der Waals surface area contributed by atoms with E-state index < -0.39 is 18.1 Å². The molecule has 0 aromatic heterocycles. The monoisotopic (exact) mass is 361 g/mol. The van der Waals surface area contributed by atoms with Crippen molar-refractivity contribution in [1.82, 2.24) is 4.90 Å². The number of amides is 3. The SMILES string of the molecule is C=C(C)C(=O)N(C(=O)OC1CC2CCC1C2)C(=O)OC1CC2CCC1C2. The maximum atomic E-state index is 12.6. The summed E-state index contributed by atoms with van der Waals surface area (Å²) in [4.78, 5) is 38.2. The third-order valence-corrected chi connectivity index (χ3v) is 6.78. The van der Waals surface area contributed by atoms with Gasteiger partial charge in [0.15, 0.2) is 0 Å². The number of ether oxygens (including phenoxy) is 2. The molecule has 6 nitrogen and oxygen atoms in total. The fourth-order valence-corrected chi connectivity index (χ4v) is 5.46. The van der Waals surface area contributed by atoms with Crippen LogP contribution in [0.3, 0.4) is 0 Å². The number of hydrogen-bond acceptors (Lipinski definition) is 5. The van der Waals surface area contributed by atoms with Crippen molar-refractivity contribution >= 4 is 18.1 Å². The molecule has 4 saturated carbocycles. The van der Waals surface area contributed by atoms with E-state index in [4.69, 9.17) is 9.47 Å². The normalized spacial score (nSPS) is 36.8. The van der Waals surface area contributed by atoms with E-state index in [2.05, 4.69) is 6.58 Å². The van der Waals surface area contributed by atoms with Crippen molar-refractivity contribution in [3.8, 4) is 0 Å². The van der Waals surface area contributed by atoms with Crippen molar-refractivity contribution in [2.75, 3.05) is 0 Å². The lowest BCUT2D eigenvalue weighted by atomic mass is 9.98. The molecule has 26 heavy (non-hydrogen) atoms. The molecule has 0 spiro atoms. The van der Waals surface area contributed by atoms with E-state index in [1.54, 1.807) is 0 Å². The Morgan fingerprint density at radius 3 is 1.58 bits per heavy atom. The van der Waals surface area contributed by atoms with E-state index in [9.17, 15) is 14.4 Å². The molecular formula is C20H27NO5. The second-order valence-electron chi connectivity index (χ2n) is 8.62. The molecule has 4 fully saturated rings. The predicted molar refractivity (Wildman–Crippen MR) is 93.1 cm³/mol. The van der Waals surface area contributed by atoms with E-state index in [-0.39, 0.29) is 17.8 Å². The summed E-state index contributed by atoms with van der Waals surface area (Å²) >= 11 is 0. The molecule has 4 bridgehead atoms. The average Bonchev–Trinajstić information content (AvgIpc) is 3.35. The van der Waals surface area contributed by atoms with Gasteiger partial charge in [0.05, 0.1) is 0 Å². The highest BCUT2D eigenvalue weighted by Crippen LogP contribution is 2.47. The maximum Gasteiger partial charge on any atom is 0.426 e. The number of carbonyl (C=O) groups excluding carboxylic acids is 3. The van der Waals surface area contributed by atoms with Crippen molar-refractivity contribution in [3.05, 3.63) is 12.2 Å². The second-order valence-corrected chi connectivity index (χ2v) is 8.62. The first-order valence-corrected chi connectivity index (χ1v) is 9.83. The Bertz CT molecular complexity index is 602. The van der Waals surface area contributed by atoms with Crippen LogP contribution in [0, 0.1) is 23.7 Å². The molecule has 3 amide bonds. The standard InChI is InChI=1S/C20H27NO5/c1-11(2)18(22)21(19(23)25-16-9-12-3-5-14(16)7-12)20(24)26-17-10-13-4-6-15(17)8-13/h12-17H,1,3-10H2,2H3. The first kappa shape index (κ1) is 17.6. The fraction of sp³-hybridized carbons (Fsp3) is 0.750. The van der Waals surface area contributed by atoms with Crippen LogP contribution in [-0.4, -0.2) is 35.2 Å². The Morgan fingerprint density at radius 2 is 1.27 bits per heavy atom. The number of fused-ring (bicyclic) bond motifs is 4. The summed E-state index contributed by atoms with van der Waals surface area (Å²) in [6.45, 7) is 5.05. The molecule has 0 N–H and O–H groups in total. The van der Waals surface area contributed by atoms with E-state index >= 15 is 0 Å². The summed E-state index contributed by atoms with van der Waals surface area (Å²) in [5, 5.41) is 0. The number of imide groups is 3. The molecule has 142 valence electrons. The molecule has 4 aliphatic rings. The first-order valence-electron chi connectivity index (χ1n) is 9.83. The Kier molecular flexibility index (Phi) is 4.53. The lowest BCUT2D eigenvalue weighted by Gasteiger charge is -2.27. The van der Waals surface area contributed by atoms with Gasteiger partial charge >= 0.3 is 12.2 Å². The van der Waals surface area contributed by atoms with Crippen molar-refractivity contribution in [3.63, 3.8) is 0 Å². The number of hydrogen-bond donors (Lipinski definition) is 0. The fourth-order valence-electron chi connectivity index (χ4n) is 5.46. The number of carbonyl (C=O) groups is 3. The van der Waals surface area contributed by atoms with Gasteiger partial charge in [-0.2, -0.15) is 0 Å². The van der Waals surface area contributed by atoms with Crippen LogP contribution in [0.25, 0.3) is 0 Å². The second kappa shape index (κ2) is 6.71. The molecule has 0 aliphatic heterocycles. The van der Waals surface area contributed by atoms with Crippen molar-refractivity contribution < 1.29 is 23.9 Å². The van der Waals surface area contributed by atoms with Crippen LogP contribution in [0.1, 0.15) is 58.3 Å². The molecule has 0 saturated heterocycles. The third kappa shape index (κ3) is 3.14. The summed E-state index contributed by atoms with van der Waals surface area (Å²) in [6.07, 6.45) is 6.03. The van der Waals surface area contributed by atoms with Crippen LogP contribution in [0.2, 0.25) is 0 Å². The van der Waals surface area contributed by atoms with Crippen LogP contribution < -0.4 is 0 Å². The molecule has 0 aromatic rings. The molecule has 4 rings (SSSR count). The minimum atomic E-state index is -0.913. The Morgan fingerprint density at radius 1 is 0.808 bits per heavy atom. The van der Waals surface area contributed by atoms with Gasteiger partial charge in [-0.1, -0.05) is 6.58 Å². The topological polar surface area (TPSA) is 72.9 Å². The predicted octanol–water partition coefficient (Wildman–Crippen LogP) is 4.04. The maximum absolute atomic E-state index is 12.6. The quantitative estimate of drug-likeness (QED) is 0.709. The zero-order chi connectivity index (χ0) is 18.4. The first-order chi connectivity index (χ1) is 12.4. The van der Waals surface area contributed by atoms with Gasteiger partial charge in [0, 0.05) is 5.57 Å². The molecule has 0 radical (unpaired) electrons. The highest BCUT2D eigenvalue weighted by atomic mass is 16.6. The molecule has 0 aromatic carbocycles. The van der Waals surface area contributed by atoms with Crippen molar-refractivity contribution in [1.29, 1.82) is 0 Å². The van der Waals surface area contributed by atoms with Crippen LogP contribution in [0.15, 0.2) is 12.2 Å². The minimum absolute atomic E-state index is 0.111. The van der Waals surface area contributed by atoms with E-state index in [0.717, 1.165) is 38.5 Å². The van der Waals surface area contributed by atoms with Gasteiger partial charge in [-0.25, -0.2) is 9.59 Å². The van der Waals surface area contributed by atoms with E-state index in [1.807, 2.05) is 0 Å². The summed E-state index contributed by atoms with van der Waals surface area (Å²) in [5.41, 5.74) is 0.111. The van der Waals surface area contributed by atoms with Crippen molar-refractivity contribution in [2.24, 2.45) is 23.7 Å². The van der Waals surface area contributed by atoms with Crippen molar-refractivity contribution in [2.45, 2.75) is 70.5 Å². The summed E-state index contributed by atoms with van der Waals surface area (Å²) in [7, 11) is 0. The molecule has 6 atom stereocenters. The lowest BCUT2D eigenvalue weighted by Crippen LogP contribution is -2.46. The zero-order valence-corrected chi connectivity index (χ0v) is 15.3. The smallest absolute Gasteiger partial charge is 0.426 e. The van der Waals surface area contributed by atoms with E-state index in [0.29, 0.717) is 28.6 Å². The summed E-state index contributed by atoms with van der Waals surface area (Å²) < 4.78 is 11.1. The van der Waals surface area contributed by atoms with Gasteiger partial charge in [-0.05, 0) is 82.0 Å². The lowest BCUT2D eigenvalue weighted by molar-refractivity contribution is -0.125. The summed E-state index contributed by atoms with van der Waals surface area (Å²) in [6, 6.07) is 0. The van der Waals surface area contributed by atoms with Crippen LogP contribution in [-0.2, 0) is 14.3 Å². The Hall–Kier alpha value is -1.85. The van der Waals surface area contributed by atoms with Gasteiger partial charge < -0.3 is 9.47 Å². The van der Waals surface area contributed by atoms with Gasteiger partial charge in [-0.15, -0.1) is 4.90 Å². The minimum Gasteiger partial charge on any atom is -0.445 e. The molecule has 6 unspecified atom stereocenters. The number of nitrogens with zero attached hydrogens (tertiary/aromatic N) is 1. The average molecular weight is 361 g/mol. The zero-order valence-electron chi connectivity index (χ0n) is 15.3. The largest absolute Gasteiger partial charge is 0.445 e. The third-order valence-electron chi connectivity index (χ3n) is 6.78. The van der Waals surface area contributed by atoms with E-state index in [1.165, 1.54) is 19.8 Å². The van der Waals surface area contributed by atoms with Crippen LogP contribution in [0.5, 0.6) is 0 Å². The van der Waals surface area contributed by atoms with Crippen LogP contribution >= 0.6 is 0 Å². The number of rotatable bonds is 3. The Balaban J connectivity index is 1.43. The Labute approximate surface area is 153 Å². The van der Waals surface area contributed by atoms with Gasteiger partial charge in [0.1, 0.15) is 12.2 Å². The molecular weight excluding hydrogens is 334 g/mol. The van der Waals surface area contributed by atoms with Gasteiger partial charge in [0.2, 0.25) is 0 Å². The van der Waals surface area contributed by atoms with Crippen LogP contribution in [0.4, 0.5) is 9.59 Å². The highest BCUT2D eigenvalue weighted by Gasteiger charge is 2.46.